The summed E-state index contributed by atoms with van der Waals surface area (Å²) in [4.78, 5) is 27.3. The summed E-state index contributed by atoms with van der Waals surface area (Å²) in [6, 6.07) is 0. The van der Waals surface area contributed by atoms with Gasteiger partial charge in [-0.15, -0.1) is 0 Å². The quantitative estimate of drug-likeness (QED) is 0.391. The lowest BCUT2D eigenvalue weighted by molar-refractivity contribution is -0.179. The lowest BCUT2D eigenvalue weighted by atomic mass is 9.41. The average Bonchev–Trinajstić information content (AvgIpc) is 2.89. The highest BCUT2D eigenvalue weighted by Gasteiger charge is 2.71. The van der Waals surface area contributed by atoms with Crippen molar-refractivity contribution in [3.63, 3.8) is 0 Å². The summed E-state index contributed by atoms with van der Waals surface area (Å²) >= 11 is 0. The predicted octanol–water partition coefficient (Wildman–Crippen LogP) is 8.31. The molecular weight excluding hydrogens is 404 g/mol. The third kappa shape index (κ3) is 4.18. The van der Waals surface area contributed by atoms with Gasteiger partial charge < -0.3 is 0 Å². The van der Waals surface area contributed by atoms with Crippen LogP contribution in [0.15, 0.2) is 0 Å². The number of hydrogen-bond acceptors (Lipinski definition) is 2. The van der Waals surface area contributed by atoms with Gasteiger partial charge in [-0.25, -0.2) is 0 Å². The van der Waals surface area contributed by atoms with Crippen molar-refractivity contribution in [2.45, 2.75) is 136 Å². The Morgan fingerprint density at radius 3 is 1.27 bits per heavy atom. The highest BCUT2D eigenvalue weighted by atomic mass is 16.2. The van der Waals surface area contributed by atoms with Gasteiger partial charge in [-0.05, 0) is 113 Å². The number of hydrogen-bond donors (Lipinski definition) is 0. The van der Waals surface area contributed by atoms with Crippen LogP contribution < -0.4 is 0 Å². The van der Waals surface area contributed by atoms with Gasteiger partial charge in [0, 0.05) is 0 Å². The number of carbonyl (C=O) groups excluding carboxylic acids is 2. The monoisotopic (exact) mass is 454 g/mol. The van der Waals surface area contributed by atoms with Gasteiger partial charge in [0.1, 0.15) is 0 Å². The minimum atomic E-state index is -0.540. The van der Waals surface area contributed by atoms with Gasteiger partial charge in [0.25, 0.3) is 0 Å². The van der Waals surface area contributed by atoms with Gasteiger partial charge in [-0.2, -0.15) is 0 Å². The number of Topliss-reactive ketones (excluding diaryl/α,β-unsaturated/α-hetero) is 2. The van der Waals surface area contributed by atoms with E-state index in [1.165, 1.54) is 70.6 Å². The summed E-state index contributed by atoms with van der Waals surface area (Å²) in [5.74, 6) is 6.02. The molecule has 0 aromatic carbocycles. The molecule has 0 saturated heterocycles. The van der Waals surface area contributed by atoms with Crippen molar-refractivity contribution in [3.8, 4) is 0 Å². The fourth-order valence-electron chi connectivity index (χ4n) is 9.60. The van der Waals surface area contributed by atoms with E-state index < -0.39 is 10.8 Å². The molecule has 0 amide bonds. The molecule has 5 aliphatic carbocycles. The molecule has 0 heterocycles. The second-order valence-electron chi connectivity index (χ2n) is 13.3. The van der Waals surface area contributed by atoms with E-state index in [-0.39, 0.29) is 0 Å². The molecule has 2 heteroatoms. The molecule has 186 valence electrons. The SMILES string of the molecule is CCC[C@H]1CC[C@H](C2CCC3(CC2)C(=O)C2(CCC([C@H]4CC[C@H](CC)CC4)CC2)C3=O)CC1. The summed E-state index contributed by atoms with van der Waals surface area (Å²) in [5.41, 5.74) is -1.08. The second-order valence-corrected chi connectivity index (χ2v) is 13.3. The van der Waals surface area contributed by atoms with E-state index in [0.717, 1.165) is 86.9 Å². The number of rotatable bonds is 5. The first kappa shape index (κ1) is 24.1. The first-order valence-electron chi connectivity index (χ1n) is 15.1. The van der Waals surface area contributed by atoms with Crippen molar-refractivity contribution in [2.24, 2.45) is 46.3 Å². The highest BCUT2D eigenvalue weighted by molar-refractivity contribution is 6.30. The van der Waals surface area contributed by atoms with E-state index in [1.807, 2.05) is 0 Å². The lowest BCUT2D eigenvalue weighted by Crippen LogP contribution is -2.68. The fraction of sp³-hybridized carbons (Fsp3) is 0.935. The van der Waals surface area contributed by atoms with Crippen LogP contribution in [0.5, 0.6) is 0 Å². The molecule has 33 heavy (non-hydrogen) atoms. The maximum absolute atomic E-state index is 13.7. The maximum Gasteiger partial charge on any atom is 0.159 e. The van der Waals surface area contributed by atoms with Crippen LogP contribution in [0.25, 0.3) is 0 Å². The summed E-state index contributed by atoms with van der Waals surface area (Å²) in [7, 11) is 0. The number of carbonyl (C=O) groups is 2. The van der Waals surface area contributed by atoms with Gasteiger partial charge in [0.2, 0.25) is 0 Å². The van der Waals surface area contributed by atoms with Crippen molar-refractivity contribution in [1.29, 1.82) is 0 Å². The molecule has 0 aromatic rings. The Morgan fingerprint density at radius 2 is 0.909 bits per heavy atom. The Bertz CT molecular complexity index is 670. The van der Waals surface area contributed by atoms with E-state index in [1.54, 1.807) is 0 Å². The van der Waals surface area contributed by atoms with Crippen molar-refractivity contribution in [2.75, 3.05) is 0 Å². The number of ketones is 2. The maximum atomic E-state index is 13.7. The molecule has 0 radical (unpaired) electrons. The standard InChI is InChI=1S/C31H50O2/c1-3-5-23-8-12-25(13-9-23)27-16-20-31(21-17-27)28(32)30(29(31)33)18-14-26(15-19-30)24-10-6-22(4-2)7-11-24/h22-27H,3-21H2,1-2H3/t22-,23-,24-,25-,26?,27?,30?,31?. The normalized spacial score (nSPS) is 46.5. The Morgan fingerprint density at radius 1 is 0.545 bits per heavy atom. The van der Waals surface area contributed by atoms with E-state index in [9.17, 15) is 9.59 Å². The Kier molecular flexibility index (Phi) is 7.12. The van der Waals surface area contributed by atoms with Gasteiger partial charge in [-0.1, -0.05) is 58.8 Å². The molecule has 0 atom stereocenters. The topological polar surface area (TPSA) is 34.1 Å². The molecule has 0 aromatic heterocycles. The first-order chi connectivity index (χ1) is 16.0. The minimum absolute atomic E-state index is 0.401. The Labute approximate surface area is 203 Å². The predicted molar refractivity (Wildman–Crippen MR) is 135 cm³/mol. The van der Waals surface area contributed by atoms with E-state index in [4.69, 9.17) is 0 Å². The van der Waals surface area contributed by atoms with Crippen molar-refractivity contribution in [3.05, 3.63) is 0 Å². The summed E-state index contributed by atoms with van der Waals surface area (Å²) in [5, 5.41) is 0. The molecule has 0 aliphatic heterocycles. The van der Waals surface area contributed by atoms with Crippen LogP contribution in [0.2, 0.25) is 0 Å². The van der Waals surface area contributed by atoms with E-state index in [2.05, 4.69) is 13.8 Å². The van der Waals surface area contributed by atoms with Crippen LogP contribution in [0.4, 0.5) is 0 Å². The molecular formula is C31H50O2. The zero-order chi connectivity index (χ0) is 23.1. The average molecular weight is 455 g/mol. The van der Waals surface area contributed by atoms with Crippen LogP contribution >= 0.6 is 0 Å². The zero-order valence-electron chi connectivity index (χ0n) is 21.7. The largest absolute Gasteiger partial charge is 0.297 e. The van der Waals surface area contributed by atoms with Crippen molar-refractivity contribution < 1.29 is 9.59 Å². The van der Waals surface area contributed by atoms with E-state index in [0.29, 0.717) is 11.6 Å². The third-order valence-corrected chi connectivity index (χ3v) is 11.9. The molecule has 0 bridgehead atoms. The third-order valence-electron chi connectivity index (χ3n) is 11.9. The van der Waals surface area contributed by atoms with Crippen molar-refractivity contribution >= 4 is 11.6 Å². The van der Waals surface area contributed by atoms with E-state index >= 15 is 0 Å². The molecule has 5 fully saturated rings. The van der Waals surface area contributed by atoms with Gasteiger partial charge in [0.15, 0.2) is 11.6 Å². The highest BCUT2D eigenvalue weighted by Crippen LogP contribution is 2.62. The minimum Gasteiger partial charge on any atom is -0.297 e. The van der Waals surface area contributed by atoms with Gasteiger partial charge >= 0.3 is 0 Å². The summed E-state index contributed by atoms with van der Waals surface area (Å²) < 4.78 is 0. The molecule has 2 nitrogen and oxygen atoms in total. The smallest absolute Gasteiger partial charge is 0.159 e. The van der Waals surface area contributed by atoms with Crippen LogP contribution in [0.1, 0.15) is 136 Å². The van der Waals surface area contributed by atoms with Gasteiger partial charge in [0.05, 0.1) is 10.8 Å². The molecule has 0 unspecified atom stereocenters. The van der Waals surface area contributed by atoms with Crippen LogP contribution in [0.3, 0.4) is 0 Å². The van der Waals surface area contributed by atoms with Crippen LogP contribution in [0, 0.1) is 46.3 Å². The van der Waals surface area contributed by atoms with Crippen LogP contribution in [-0.4, -0.2) is 11.6 Å². The first-order valence-corrected chi connectivity index (χ1v) is 15.1. The molecule has 5 saturated carbocycles. The van der Waals surface area contributed by atoms with Gasteiger partial charge in [-0.3, -0.25) is 9.59 Å². The fourth-order valence-corrected chi connectivity index (χ4v) is 9.60. The second kappa shape index (κ2) is 9.77. The molecule has 0 N–H and O–H groups in total. The molecule has 2 spiro atoms. The molecule has 5 aliphatic rings. The summed E-state index contributed by atoms with van der Waals surface area (Å²) in [6.45, 7) is 4.65. The van der Waals surface area contributed by atoms with Crippen LogP contribution in [-0.2, 0) is 9.59 Å². The Balaban J connectivity index is 1.12. The van der Waals surface area contributed by atoms with Crippen molar-refractivity contribution in [1.82, 2.24) is 0 Å². The Hall–Kier alpha value is -0.660. The zero-order valence-corrected chi connectivity index (χ0v) is 21.7. The summed E-state index contributed by atoms with van der Waals surface area (Å²) in [6.07, 6.45) is 23.4. The lowest BCUT2D eigenvalue weighted by Gasteiger charge is -2.58. The molecule has 5 rings (SSSR count).